The maximum Gasteiger partial charge on any atom is 0.294 e. The summed E-state index contributed by atoms with van der Waals surface area (Å²) >= 11 is 2.96. The fraction of sp³-hybridized carbons (Fsp3) is 0.192. The molecule has 1 saturated heterocycles. The molecule has 3 aromatic carbocycles. The Hall–Kier alpha value is -3.05. The van der Waals surface area contributed by atoms with E-state index in [1.54, 1.807) is 25.3 Å². The summed E-state index contributed by atoms with van der Waals surface area (Å²) in [5.74, 6) is 0.238. The van der Waals surface area contributed by atoms with Gasteiger partial charge in [-0.1, -0.05) is 43.3 Å². The summed E-state index contributed by atoms with van der Waals surface area (Å²) < 4.78 is 12.1. The first-order valence-corrected chi connectivity index (χ1v) is 12.8. The SMILES string of the molecule is CCCOc1c(I)cc(/C=C2\SC(=O)N(CC(=O)Nc3cccc4ccccc34)C2=O)cc1OC. The van der Waals surface area contributed by atoms with E-state index in [1.165, 1.54) is 0 Å². The molecule has 1 aliphatic heterocycles. The van der Waals surface area contributed by atoms with E-state index in [0.29, 0.717) is 29.4 Å². The number of thioether (sulfide) groups is 1. The lowest BCUT2D eigenvalue weighted by molar-refractivity contribution is -0.127. The second-order valence-electron chi connectivity index (χ2n) is 7.73. The molecule has 0 saturated carbocycles. The third-order valence-electron chi connectivity index (χ3n) is 5.24. The maximum absolute atomic E-state index is 12.9. The number of nitrogens with zero attached hydrogens (tertiary/aromatic N) is 1. The fourth-order valence-electron chi connectivity index (χ4n) is 3.62. The first kappa shape index (κ1) is 25.1. The van der Waals surface area contributed by atoms with Crippen molar-refractivity contribution in [2.24, 2.45) is 0 Å². The fourth-order valence-corrected chi connectivity index (χ4v) is 5.24. The Morgan fingerprint density at radius 3 is 2.69 bits per heavy atom. The van der Waals surface area contributed by atoms with E-state index in [1.807, 2.05) is 49.4 Å². The molecule has 0 bridgehead atoms. The minimum Gasteiger partial charge on any atom is -0.493 e. The van der Waals surface area contributed by atoms with E-state index in [2.05, 4.69) is 27.9 Å². The molecule has 9 heteroatoms. The average molecular weight is 602 g/mol. The predicted molar refractivity (Wildman–Crippen MR) is 147 cm³/mol. The van der Waals surface area contributed by atoms with Crippen LogP contribution in [0.2, 0.25) is 0 Å². The molecule has 7 nitrogen and oxygen atoms in total. The van der Waals surface area contributed by atoms with Crippen molar-refractivity contribution in [3.8, 4) is 11.5 Å². The molecule has 0 aliphatic carbocycles. The van der Waals surface area contributed by atoms with Crippen LogP contribution in [-0.4, -0.2) is 42.2 Å². The molecule has 0 spiro atoms. The number of anilines is 1. The number of imide groups is 1. The number of methoxy groups -OCH3 is 1. The number of nitrogens with one attached hydrogen (secondary N) is 1. The molecule has 0 aromatic heterocycles. The first-order valence-electron chi connectivity index (χ1n) is 10.9. The molecule has 1 fully saturated rings. The quantitative estimate of drug-likeness (QED) is 0.255. The van der Waals surface area contributed by atoms with Crippen LogP contribution in [0.15, 0.2) is 59.5 Å². The highest BCUT2D eigenvalue weighted by atomic mass is 127. The number of rotatable bonds is 8. The van der Waals surface area contributed by atoms with Crippen molar-refractivity contribution in [3.63, 3.8) is 0 Å². The molecule has 3 amide bonds. The standard InChI is InChI=1S/C26H23IN2O5S/c1-3-11-34-24-19(27)12-16(13-21(24)33-2)14-22-25(31)29(26(32)35-22)15-23(30)28-20-10-6-8-17-7-4-5-9-18(17)20/h4-10,12-14H,3,11,15H2,1-2H3,(H,28,30)/b22-14-. The van der Waals surface area contributed by atoms with Gasteiger partial charge in [-0.15, -0.1) is 0 Å². The van der Waals surface area contributed by atoms with Gasteiger partial charge < -0.3 is 14.8 Å². The molecule has 4 rings (SSSR count). The average Bonchev–Trinajstić information content (AvgIpc) is 3.10. The molecule has 0 atom stereocenters. The molecule has 3 aromatic rings. The molecule has 1 heterocycles. The highest BCUT2D eigenvalue weighted by Gasteiger charge is 2.36. The largest absolute Gasteiger partial charge is 0.493 e. The summed E-state index contributed by atoms with van der Waals surface area (Å²) in [6.45, 7) is 2.22. The normalized spacial score (nSPS) is 14.6. The van der Waals surface area contributed by atoms with Gasteiger partial charge in [0.1, 0.15) is 6.54 Å². The third kappa shape index (κ3) is 5.62. The number of fused-ring (bicyclic) bond motifs is 1. The molecule has 0 unspecified atom stereocenters. The lowest BCUT2D eigenvalue weighted by Crippen LogP contribution is -2.36. The van der Waals surface area contributed by atoms with E-state index in [4.69, 9.17) is 9.47 Å². The summed E-state index contributed by atoms with van der Waals surface area (Å²) in [5, 5.41) is 4.19. The molecule has 180 valence electrons. The van der Waals surface area contributed by atoms with Crippen LogP contribution in [0.5, 0.6) is 11.5 Å². The van der Waals surface area contributed by atoms with Crippen molar-refractivity contribution in [3.05, 3.63) is 68.6 Å². The summed E-state index contributed by atoms with van der Waals surface area (Å²) in [6.07, 6.45) is 2.49. The predicted octanol–water partition coefficient (Wildman–Crippen LogP) is 5.92. The van der Waals surface area contributed by atoms with Gasteiger partial charge in [-0.3, -0.25) is 19.3 Å². The number of carbonyl (C=O) groups excluding carboxylic acids is 3. The minimum absolute atomic E-state index is 0.244. The Labute approximate surface area is 221 Å². The zero-order valence-electron chi connectivity index (χ0n) is 19.2. The number of carbonyl (C=O) groups is 3. The molecular formula is C26H23IN2O5S. The molecular weight excluding hydrogens is 579 g/mol. The Morgan fingerprint density at radius 1 is 1.14 bits per heavy atom. The number of hydrogen-bond donors (Lipinski definition) is 1. The van der Waals surface area contributed by atoms with Crippen LogP contribution >= 0.6 is 34.4 Å². The lowest BCUT2D eigenvalue weighted by atomic mass is 10.1. The Morgan fingerprint density at radius 2 is 1.91 bits per heavy atom. The van der Waals surface area contributed by atoms with E-state index in [-0.39, 0.29) is 11.4 Å². The molecule has 0 radical (unpaired) electrons. The Bertz CT molecular complexity index is 1340. The summed E-state index contributed by atoms with van der Waals surface area (Å²) in [6, 6.07) is 16.9. The summed E-state index contributed by atoms with van der Waals surface area (Å²) in [7, 11) is 1.55. The van der Waals surface area contributed by atoms with Gasteiger partial charge in [-0.2, -0.15) is 0 Å². The zero-order valence-corrected chi connectivity index (χ0v) is 22.1. The minimum atomic E-state index is -0.506. The van der Waals surface area contributed by atoms with E-state index in [0.717, 1.165) is 37.4 Å². The molecule has 1 N–H and O–H groups in total. The van der Waals surface area contributed by atoms with Crippen molar-refractivity contribution in [1.29, 1.82) is 0 Å². The van der Waals surface area contributed by atoms with Crippen LogP contribution in [0.25, 0.3) is 16.8 Å². The Balaban J connectivity index is 1.50. The topological polar surface area (TPSA) is 84.9 Å². The van der Waals surface area contributed by atoms with Gasteiger partial charge in [0.25, 0.3) is 11.1 Å². The van der Waals surface area contributed by atoms with Gasteiger partial charge in [0.2, 0.25) is 5.91 Å². The van der Waals surface area contributed by atoms with Gasteiger partial charge in [0, 0.05) is 11.1 Å². The van der Waals surface area contributed by atoms with Crippen LogP contribution in [0, 0.1) is 3.57 Å². The summed E-state index contributed by atoms with van der Waals surface area (Å²) in [5.41, 5.74) is 1.32. The number of hydrogen-bond acceptors (Lipinski definition) is 6. The van der Waals surface area contributed by atoms with Gasteiger partial charge in [0.05, 0.1) is 22.2 Å². The highest BCUT2D eigenvalue weighted by molar-refractivity contribution is 14.1. The van der Waals surface area contributed by atoms with Crippen LogP contribution in [0.4, 0.5) is 10.5 Å². The second-order valence-corrected chi connectivity index (χ2v) is 9.88. The van der Waals surface area contributed by atoms with Gasteiger partial charge in [-0.25, -0.2) is 0 Å². The van der Waals surface area contributed by atoms with Crippen LogP contribution in [-0.2, 0) is 9.59 Å². The van der Waals surface area contributed by atoms with E-state index < -0.39 is 17.1 Å². The van der Waals surface area contributed by atoms with Crippen molar-refractivity contribution in [2.45, 2.75) is 13.3 Å². The van der Waals surface area contributed by atoms with Crippen molar-refractivity contribution < 1.29 is 23.9 Å². The van der Waals surface area contributed by atoms with Gasteiger partial charge >= 0.3 is 0 Å². The molecule has 35 heavy (non-hydrogen) atoms. The molecule has 1 aliphatic rings. The van der Waals surface area contributed by atoms with Crippen molar-refractivity contribution in [2.75, 3.05) is 25.6 Å². The van der Waals surface area contributed by atoms with Crippen LogP contribution < -0.4 is 14.8 Å². The van der Waals surface area contributed by atoms with E-state index >= 15 is 0 Å². The van der Waals surface area contributed by atoms with Crippen LogP contribution in [0.3, 0.4) is 0 Å². The first-order chi connectivity index (χ1) is 16.9. The van der Waals surface area contributed by atoms with E-state index in [9.17, 15) is 14.4 Å². The summed E-state index contributed by atoms with van der Waals surface area (Å²) in [4.78, 5) is 39.4. The smallest absolute Gasteiger partial charge is 0.294 e. The van der Waals surface area contributed by atoms with Crippen LogP contribution in [0.1, 0.15) is 18.9 Å². The number of benzene rings is 3. The lowest BCUT2D eigenvalue weighted by Gasteiger charge is -2.14. The van der Waals surface area contributed by atoms with Gasteiger partial charge in [-0.05, 0) is 76.0 Å². The maximum atomic E-state index is 12.9. The van der Waals surface area contributed by atoms with Gasteiger partial charge in [0.15, 0.2) is 11.5 Å². The monoisotopic (exact) mass is 602 g/mol. The van der Waals surface area contributed by atoms with Crippen molar-refractivity contribution in [1.82, 2.24) is 4.90 Å². The highest BCUT2D eigenvalue weighted by Crippen LogP contribution is 2.37. The zero-order chi connectivity index (χ0) is 24.9. The Kier molecular flexibility index (Phi) is 7.97. The number of amides is 3. The van der Waals surface area contributed by atoms with Crippen molar-refractivity contribution >= 4 is 73.9 Å². The number of ether oxygens (including phenoxy) is 2. The number of halogens is 1. The third-order valence-corrected chi connectivity index (χ3v) is 6.95. The second kappa shape index (κ2) is 11.1.